The van der Waals surface area contributed by atoms with Gasteiger partial charge in [0, 0.05) is 5.92 Å². The standard InChI is InChI=1S/C9H12N2O3/c1-3-5(2)8-10-6(4-12)7(11-8)9(13)14/h4-5H,3H2,1-2H3,(H,10,11)(H,13,14). The Balaban J connectivity index is 3.12. The highest BCUT2D eigenvalue weighted by atomic mass is 16.4. The van der Waals surface area contributed by atoms with Crippen molar-refractivity contribution in [3.8, 4) is 0 Å². The normalized spacial score (nSPS) is 12.4. The molecule has 1 unspecified atom stereocenters. The van der Waals surface area contributed by atoms with Gasteiger partial charge in [0.15, 0.2) is 12.0 Å². The number of H-pyrrole nitrogens is 1. The molecule has 2 N–H and O–H groups in total. The summed E-state index contributed by atoms with van der Waals surface area (Å²) in [4.78, 5) is 27.8. The molecule has 0 amide bonds. The molecular weight excluding hydrogens is 184 g/mol. The number of aromatic carboxylic acids is 1. The number of carbonyl (C=O) groups excluding carboxylic acids is 1. The van der Waals surface area contributed by atoms with Crippen LogP contribution in [0.5, 0.6) is 0 Å². The number of carboxylic acids is 1. The Morgan fingerprint density at radius 3 is 2.71 bits per heavy atom. The number of carboxylic acid groups (broad SMARTS) is 1. The van der Waals surface area contributed by atoms with E-state index in [-0.39, 0.29) is 17.3 Å². The van der Waals surface area contributed by atoms with Crippen LogP contribution in [-0.2, 0) is 0 Å². The third kappa shape index (κ3) is 1.81. The van der Waals surface area contributed by atoms with E-state index in [0.717, 1.165) is 6.42 Å². The van der Waals surface area contributed by atoms with Crippen LogP contribution in [-0.4, -0.2) is 27.3 Å². The van der Waals surface area contributed by atoms with E-state index < -0.39 is 5.97 Å². The van der Waals surface area contributed by atoms with Gasteiger partial charge in [-0.1, -0.05) is 13.8 Å². The highest BCUT2D eigenvalue weighted by Crippen LogP contribution is 2.16. The Morgan fingerprint density at radius 2 is 2.36 bits per heavy atom. The summed E-state index contributed by atoms with van der Waals surface area (Å²) in [6.07, 6.45) is 1.31. The van der Waals surface area contributed by atoms with E-state index in [9.17, 15) is 9.59 Å². The molecule has 1 atom stereocenters. The topological polar surface area (TPSA) is 83.0 Å². The highest BCUT2D eigenvalue weighted by Gasteiger charge is 2.18. The molecule has 5 nitrogen and oxygen atoms in total. The van der Waals surface area contributed by atoms with E-state index in [1.54, 1.807) is 0 Å². The van der Waals surface area contributed by atoms with Gasteiger partial charge < -0.3 is 10.1 Å². The van der Waals surface area contributed by atoms with E-state index in [1.807, 2.05) is 13.8 Å². The van der Waals surface area contributed by atoms with Crippen molar-refractivity contribution in [2.24, 2.45) is 0 Å². The van der Waals surface area contributed by atoms with Crippen LogP contribution in [0, 0.1) is 0 Å². The quantitative estimate of drug-likeness (QED) is 0.713. The third-order valence-electron chi connectivity index (χ3n) is 2.15. The van der Waals surface area contributed by atoms with Gasteiger partial charge in [-0.2, -0.15) is 0 Å². The summed E-state index contributed by atoms with van der Waals surface area (Å²) >= 11 is 0. The number of aromatic nitrogens is 2. The molecule has 0 radical (unpaired) electrons. The van der Waals surface area contributed by atoms with Crippen molar-refractivity contribution in [2.45, 2.75) is 26.2 Å². The van der Waals surface area contributed by atoms with Gasteiger partial charge in [-0.3, -0.25) is 4.79 Å². The zero-order valence-electron chi connectivity index (χ0n) is 8.07. The van der Waals surface area contributed by atoms with Crippen LogP contribution in [0.15, 0.2) is 0 Å². The maximum atomic E-state index is 10.7. The first-order valence-corrected chi connectivity index (χ1v) is 4.38. The van der Waals surface area contributed by atoms with Crippen LogP contribution in [0.1, 0.15) is 53.0 Å². The molecule has 0 aliphatic carbocycles. The second kappa shape index (κ2) is 4.04. The second-order valence-electron chi connectivity index (χ2n) is 3.12. The van der Waals surface area contributed by atoms with Crippen LogP contribution in [0.25, 0.3) is 0 Å². The zero-order chi connectivity index (χ0) is 10.7. The van der Waals surface area contributed by atoms with Crippen LogP contribution in [0.4, 0.5) is 0 Å². The smallest absolute Gasteiger partial charge is 0.356 e. The molecule has 5 heteroatoms. The molecule has 0 saturated carbocycles. The van der Waals surface area contributed by atoms with E-state index in [4.69, 9.17) is 5.11 Å². The van der Waals surface area contributed by atoms with Crippen LogP contribution >= 0.6 is 0 Å². The van der Waals surface area contributed by atoms with Gasteiger partial charge in [0.1, 0.15) is 11.5 Å². The first-order chi connectivity index (χ1) is 6.60. The van der Waals surface area contributed by atoms with Gasteiger partial charge in [0.25, 0.3) is 0 Å². The molecule has 0 bridgehead atoms. The van der Waals surface area contributed by atoms with Crippen molar-refractivity contribution in [1.29, 1.82) is 0 Å². The number of aldehydes is 1. The Bertz CT molecular complexity index is 357. The Kier molecular flexibility index (Phi) is 3.01. The minimum atomic E-state index is -1.18. The number of aromatic amines is 1. The maximum Gasteiger partial charge on any atom is 0.356 e. The number of rotatable bonds is 4. The van der Waals surface area contributed by atoms with E-state index in [2.05, 4.69) is 9.97 Å². The minimum Gasteiger partial charge on any atom is -0.476 e. The lowest BCUT2D eigenvalue weighted by Gasteiger charge is -2.01. The number of nitrogens with zero attached hydrogens (tertiary/aromatic N) is 1. The lowest BCUT2D eigenvalue weighted by molar-refractivity contribution is 0.0688. The molecule has 0 saturated heterocycles. The summed E-state index contributed by atoms with van der Waals surface area (Å²) in [6, 6.07) is 0. The minimum absolute atomic E-state index is 0.0350. The molecule has 76 valence electrons. The van der Waals surface area contributed by atoms with Gasteiger partial charge >= 0.3 is 5.97 Å². The number of imidazole rings is 1. The predicted octanol–water partition coefficient (Wildman–Crippen LogP) is 1.43. The molecule has 1 rings (SSSR count). The maximum absolute atomic E-state index is 10.7. The summed E-state index contributed by atoms with van der Waals surface area (Å²) in [6.45, 7) is 3.88. The number of hydrogen-bond acceptors (Lipinski definition) is 3. The molecule has 1 heterocycles. The van der Waals surface area contributed by atoms with Crippen molar-refractivity contribution in [2.75, 3.05) is 0 Å². The van der Waals surface area contributed by atoms with Crippen molar-refractivity contribution in [1.82, 2.24) is 9.97 Å². The molecule has 1 aromatic heterocycles. The van der Waals surface area contributed by atoms with Gasteiger partial charge in [0.05, 0.1) is 0 Å². The third-order valence-corrected chi connectivity index (χ3v) is 2.15. The average Bonchev–Trinajstić information content (AvgIpc) is 2.60. The number of hydrogen-bond donors (Lipinski definition) is 2. The summed E-state index contributed by atoms with van der Waals surface area (Å²) in [5.74, 6) is -0.508. The van der Waals surface area contributed by atoms with Crippen molar-refractivity contribution < 1.29 is 14.7 Å². The molecular formula is C9H12N2O3. The molecule has 0 aliphatic heterocycles. The summed E-state index contributed by atoms with van der Waals surface area (Å²) in [5, 5.41) is 8.72. The summed E-state index contributed by atoms with van der Waals surface area (Å²) in [7, 11) is 0. The van der Waals surface area contributed by atoms with Crippen LogP contribution in [0.2, 0.25) is 0 Å². The van der Waals surface area contributed by atoms with Crippen molar-refractivity contribution in [3.05, 3.63) is 17.2 Å². The fourth-order valence-electron chi connectivity index (χ4n) is 1.08. The second-order valence-corrected chi connectivity index (χ2v) is 3.12. The van der Waals surface area contributed by atoms with Gasteiger partial charge in [-0.15, -0.1) is 0 Å². The molecule has 1 aromatic rings. The Labute approximate surface area is 81.2 Å². The molecule has 0 aliphatic rings. The van der Waals surface area contributed by atoms with Crippen LogP contribution < -0.4 is 0 Å². The van der Waals surface area contributed by atoms with Gasteiger partial charge in [-0.05, 0) is 6.42 Å². The molecule has 14 heavy (non-hydrogen) atoms. The Morgan fingerprint density at radius 1 is 1.71 bits per heavy atom. The zero-order valence-corrected chi connectivity index (χ0v) is 8.07. The van der Waals surface area contributed by atoms with Crippen molar-refractivity contribution >= 4 is 12.3 Å². The molecule has 0 spiro atoms. The first-order valence-electron chi connectivity index (χ1n) is 4.38. The fraction of sp³-hybridized carbons (Fsp3) is 0.444. The fourth-order valence-corrected chi connectivity index (χ4v) is 1.08. The van der Waals surface area contributed by atoms with Gasteiger partial charge in [0.2, 0.25) is 0 Å². The average molecular weight is 196 g/mol. The summed E-state index contributed by atoms with van der Waals surface area (Å²) in [5.41, 5.74) is -0.164. The largest absolute Gasteiger partial charge is 0.476 e. The summed E-state index contributed by atoms with van der Waals surface area (Å²) < 4.78 is 0. The van der Waals surface area contributed by atoms with Gasteiger partial charge in [-0.25, -0.2) is 9.78 Å². The predicted molar refractivity (Wildman–Crippen MR) is 49.6 cm³/mol. The SMILES string of the molecule is CCC(C)c1nc(C(=O)O)c(C=O)[nH]1. The molecule has 0 aromatic carbocycles. The number of nitrogens with one attached hydrogen (secondary N) is 1. The van der Waals surface area contributed by atoms with E-state index in [0.29, 0.717) is 12.1 Å². The first kappa shape index (κ1) is 10.4. The highest BCUT2D eigenvalue weighted by molar-refractivity contribution is 5.94. The van der Waals surface area contributed by atoms with E-state index in [1.165, 1.54) is 0 Å². The Hall–Kier alpha value is -1.65. The monoisotopic (exact) mass is 196 g/mol. The van der Waals surface area contributed by atoms with E-state index >= 15 is 0 Å². The van der Waals surface area contributed by atoms with Crippen LogP contribution in [0.3, 0.4) is 0 Å². The molecule has 0 fully saturated rings. The van der Waals surface area contributed by atoms with Crippen molar-refractivity contribution in [3.63, 3.8) is 0 Å². The number of carbonyl (C=O) groups is 2. The lowest BCUT2D eigenvalue weighted by atomic mass is 10.1. The lowest BCUT2D eigenvalue weighted by Crippen LogP contribution is -2.01.